The minimum Gasteiger partial charge on any atom is -0.482 e. The van der Waals surface area contributed by atoms with E-state index in [1.807, 2.05) is 4.90 Å². The molecule has 4 unspecified atom stereocenters. The minimum absolute atomic E-state index is 0.0424. The summed E-state index contributed by atoms with van der Waals surface area (Å²) in [4.78, 5) is 31.1. The van der Waals surface area contributed by atoms with E-state index in [4.69, 9.17) is 9.47 Å². The molecule has 180 valence electrons. The Morgan fingerprint density at radius 2 is 1.58 bits per heavy atom. The maximum atomic E-state index is 12.7. The van der Waals surface area contributed by atoms with Gasteiger partial charge >= 0.3 is 6.18 Å². The molecular weight excluding hydrogens is 439 g/mol. The van der Waals surface area contributed by atoms with Crippen molar-refractivity contribution >= 4 is 17.5 Å². The van der Waals surface area contributed by atoms with Crippen molar-refractivity contribution in [3.8, 4) is 5.75 Å². The van der Waals surface area contributed by atoms with Crippen LogP contribution < -0.4 is 9.64 Å². The van der Waals surface area contributed by atoms with Crippen molar-refractivity contribution < 1.29 is 32.2 Å². The van der Waals surface area contributed by atoms with Crippen LogP contribution in [0.25, 0.3) is 0 Å². The van der Waals surface area contributed by atoms with Gasteiger partial charge in [-0.25, -0.2) is 0 Å². The molecule has 1 aliphatic carbocycles. The summed E-state index contributed by atoms with van der Waals surface area (Å²) >= 11 is 0. The van der Waals surface area contributed by atoms with E-state index in [0.29, 0.717) is 44.6 Å². The number of carbonyl (C=O) groups is 2. The molecule has 0 bridgehead atoms. The van der Waals surface area contributed by atoms with Crippen molar-refractivity contribution in [1.82, 2.24) is 9.80 Å². The van der Waals surface area contributed by atoms with Crippen LogP contribution in [0, 0.1) is 11.8 Å². The van der Waals surface area contributed by atoms with Gasteiger partial charge < -0.3 is 14.4 Å². The molecule has 3 saturated heterocycles. The number of piperazine rings is 1. The first-order valence-electron chi connectivity index (χ1n) is 11.6. The number of alkyl halides is 3. The molecule has 4 aliphatic rings. The highest BCUT2D eigenvalue weighted by molar-refractivity contribution is 6.05. The fourth-order valence-electron chi connectivity index (χ4n) is 5.36. The number of benzene rings is 1. The van der Waals surface area contributed by atoms with E-state index in [9.17, 15) is 22.8 Å². The van der Waals surface area contributed by atoms with Gasteiger partial charge in [-0.15, -0.1) is 0 Å². The van der Waals surface area contributed by atoms with Crippen molar-refractivity contribution in [2.24, 2.45) is 11.8 Å². The van der Waals surface area contributed by atoms with E-state index in [1.165, 1.54) is 4.90 Å². The molecule has 1 aromatic rings. The van der Waals surface area contributed by atoms with Gasteiger partial charge in [0.15, 0.2) is 6.61 Å². The summed E-state index contributed by atoms with van der Waals surface area (Å²) in [6, 6.07) is 6.79. The fraction of sp³-hybridized carbons (Fsp3) is 0.652. The number of imide groups is 1. The van der Waals surface area contributed by atoms with Crippen LogP contribution in [0.1, 0.15) is 19.3 Å². The first-order valence-corrected chi connectivity index (χ1v) is 11.6. The molecule has 7 nitrogen and oxygen atoms in total. The quantitative estimate of drug-likeness (QED) is 0.453. The maximum Gasteiger partial charge on any atom is 0.422 e. The van der Waals surface area contributed by atoms with Gasteiger partial charge in [0.25, 0.3) is 0 Å². The Morgan fingerprint density at radius 3 is 2.21 bits per heavy atom. The van der Waals surface area contributed by atoms with Crippen molar-refractivity contribution in [2.45, 2.75) is 37.6 Å². The van der Waals surface area contributed by atoms with E-state index in [2.05, 4.69) is 4.90 Å². The Hall–Kier alpha value is -2.33. The smallest absolute Gasteiger partial charge is 0.422 e. The molecule has 33 heavy (non-hydrogen) atoms. The number of likely N-dealkylation sites (tertiary alicyclic amines) is 1. The summed E-state index contributed by atoms with van der Waals surface area (Å²) in [5, 5.41) is 0. The standard InChI is InChI=1S/C23H28F3N3O4/c24-23(25,26)14-32-18-5-2-1-4-17(18)28-10-8-27(9-11-28)6-3-7-29-21(30)15-12-19-20(33-19)13-16(15)22(29)31/h1-2,4-5,15-16,19-20H,3,6-14H2. The number of halogens is 3. The molecule has 5 rings (SSSR count). The number of fused-ring (bicyclic) bond motifs is 2. The van der Waals surface area contributed by atoms with Gasteiger partial charge in [-0.2, -0.15) is 13.2 Å². The lowest BCUT2D eigenvalue weighted by Crippen LogP contribution is -2.47. The maximum absolute atomic E-state index is 12.7. The highest BCUT2D eigenvalue weighted by Gasteiger charge is 2.58. The highest BCUT2D eigenvalue weighted by Crippen LogP contribution is 2.47. The van der Waals surface area contributed by atoms with Gasteiger partial charge in [0, 0.05) is 32.7 Å². The molecular formula is C23H28F3N3O4. The Bertz CT molecular complexity index is 875. The predicted octanol–water partition coefficient (Wildman–Crippen LogP) is 2.30. The Balaban J connectivity index is 1.08. The molecule has 0 aromatic heterocycles. The number of ether oxygens (including phenoxy) is 2. The van der Waals surface area contributed by atoms with Crippen LogP contribution in [0.4, 0.5) is 18.9 Å². The molecule has 10 heteroatoms. The number of amides is 2. The van der Waals surface area contributed by atoms with Crippen LogP contribution in [0.3, 0.4) is 0 Å². The van der Waals surface area contributed by atoms with Crippen molar-refractivity contribution in [2.75, 3.05) is 50.8 Å². The Morgan fingerprint density at radius 1 is 0.939 bits per heavy atom. The van der Waals surface area contributed by atoms with Gasteiger partial charge in [0.1, 0.15) is 5.75 Å². The lowest BCUT2D eigenvalue weighted by Gasteiger charge is -2.37. The first kappa shape index (κ1) is 22.5. The van der Waals surface area contributed by atoms with Crippen molar-refractivity contribution in [3.05, 3.63) is 24.3 Å². The largest absolute Gasteiger partial charge is 0.482 e. The number of rotatable bonds is 7. The summed E-state index contributed by atoms with van der Waals surface area (Å²) in [5.74, 6) is -0.258. The van der Waals surface area contributed by atoms with Crippen molar-refractivity contribution in [1.29, 1.82) is 0 Å². The molecule has 0 N–H and O–H groups in total. The van der Waals surface area contributed by atoms with Gasteiger partial charge in [-0.1, -0.05) is 12.1 Å². The van der Waals surface area contributed by atoms with Gasteiger partial charge in [0.05, 0.1) is 29.7 Å². The zero-order valence-electron chi connectivity index (χ0n) is 18.3. The number of nitrogens with zero attached hydrogens (tertiary/aromatic N) is 3. The minimum atomic E-state index is -4.38. The number of anilines is 1. The van der Waals surface area contributed by atoms with E-state index >= 15 is 0 Å². The number of epoxide rings is 1. The third kappa shape index (κ3) is 4.82. The van der Waals surface area contributed by atoms with Crippen LogP contribution in [-0.2, 0) is 14.3 Å². The lowest BCUT2D eigenvalue weighted by atomic mass is 9.81. The van der Waals surface area contributed by atoms with Crippen LogP contribution in [-0.4, -0.2) is 85.9 Å². The van der Waals surface area contributed by atoms with E-state index in [1.54, 1.807) is 24.3 Å². The fourth-order valence-corrected chi connectivity index (χ4v) is 5.36. The topological polar surface area (TPSA) is 65.6 Å². The molecule has 0 spiro atoms. The van der Waals surface area contributed by atoms with E-state index in [0.717, 1.165) is 19.6 Å². The van der Waals surface area contributed by atoms with Crippen LogP contribution in [0.2, 0.25) is 0 Å². The second kappa shape index (κ2) is 8.79. The summed E-state index contributed by atoms with van der Waals surface area (Å²) in [6.45, 7) is 2.73. The average molecular weight is 467 g/mol. The molecule has 4 atom stereocenters. The second-order valence-electron chi connectivity index (χ2n) is 9.28. The lowest BCUT2D eigenvalue weighted by molar-refractivity contribution is -0.153. The van der Waals surface area contributed by atoms with Crippen LogP contribution >= 0.6 is 0 Å². The first-order chi connectivity index (χ1) is 15.8. The van der Waals surface area contributed by atoms with Crippen molar-refractivity contribution in [3.63, 3.8) is 0 Å². The SMILES string of the molecule is O=C1C2CC3OC3CC2C(=O)N1CCCN1CCN(c2ccccc2OCC(F)(F)F)CC1. The molecule has 4 fully saturated rings. The third-order valence-corrected chi connectivity index (χ3v) is 7.14. The number of para-hydroxylation sites is 2. The third-order valence-electron chi connectivity index (χ3n) is 7.14. The number of hydrogen-bond donors (Lipinski definition) is 0. The van der Waals surface area contributed by atoms with Crippen LogP contribution in [0.15, 0.2) is 24.3 Å². The predicted molar refractivity (Wildman–Crippen MR) is 113 cm³/mol. The van der Waals surface area contributed by atoms with Gasteiger partial charge in [-0.3, -0.25) is 19.4 Å². The van der Waals surface area contributed by atoms with Gasteiger partial charge in [0.2, 0.25) is 11.8 Å². The zero-order valence-corrected chi connectivity index (χ0v) is 18.3. The summed E-state index contributed by atoms with van der Waals surface area (Å²) < 4.78 is 48.2. The number of hydrogen-bond acceptors (Lipinski definition) is 6. The normalized spacial score (nSPS) is 29.8. The highest BCUT2D eigenvalue weighted by atomic mass is 19.4. The van der Waals surface area contributed by atoms with Crippen LogP contribution in [0.5, 0.6) is 5.75 Å². The van der Waals surface area contributed by atoms with E-state index < -0.39 is 12.8 Å². The monoisotopic (exact) mass is 467 g/mol. The van der Waals surface area contributed by atoms with Gasteiger partial charge in [-0.05, 0) is 37.9 Å². The Labute approximate surface area is 190 Å². The molecule has 0 radical (unpaired) electrons. The van der Waals surface area contributed by atoms with E-state index in [-0.39, 0.29) is 41.6 Å². The molecule has 2 amide bonds. The number of carbonyl (C=O) groups excluding carboxylic acids is 2. The Kier molecular flexibility index (Phi) is 5.98. The summed E-state index contributed by atoms with van der Waals surface area (Å²) in [5.41, 5.74) is 0.666. The molecule has 1 aromatic carbocycles. The molecule has 3 aliphatic heterocycles. The summed E-state index contributed by atoms with van der Waals surface area (Å²) in [7, 11) is 0. The summed E-state index contributed by atoms with van der Waals surface area (Å²) in [6.07, 6.45) is -1.98. The molecule has 3 heterocycles. The molecule has 1 saturated carbocycles. The second-order valence-corrected chi connectivity index (χ2v) is 9.28. The zero-order chi connectivity index (χ0) is 23.2. The average Bonchev–Trinajstić information content (AvgIpc) is 3.53.